The van der Waals surface area contributed by atoms with Gasteiger partial charge in [-0.1, -0.05) is 47.7 Å². The summed E-state index contributed by atoms with van der Waals surface area (Å²) in [5.74, 6) is 0. The lowest BCUT2D eigenvalue weighted by Crippen LogP contribution is -2.45. The van der Waals surface area contributed by atoms with E-state index in [9.17, 15) is 13.5 Å². The topological polar surface area (TPSA) is 109 Å². The molecule has 3 heterocycles. The lowest BCUT2D eigenvalue weighted by atomic mass is 9.85. The third-order valence-corrected chi connectivity index (χ3v) is 8.88. The molecule has 2 aromatic heterocycles. The monoisotopic (exact) mass is 482 g/mol. The molecule has 0 bridgehead atoms. The van der Waals surface area contributed by atoms with Crippen LogP contribution < -0.4 is 0 Å². The van der Waals surface area contributed by atoms with E-state index in [1.807, 2.05) is 49.4 Å². The molecule has 1 saturated heterocycles. The largest absolute Gasteiger partial charge is 0.385 e. The lowest BCUT2D eigenvalue weighted by Gasteiger charge is -2.37. The summed E-state index contributed by atoms with van der Waals surface area (Å²) < 4.78 is 33.3. The second-order valence-corrected chi connectivity index (χ2v) is 11.1. The summed E-state index contributed by atoms with van der Waals surface area (Å²) >= 11 is 1.36. The van der Waals surface area contributed by atoms with Crippen LogP contribution in [0.15, 0.2) is 80.2 Å². The van der Waals surface area contributed by atoms with Crippen LogP contribution >= 0.6 is 11.8 Å². The Morgan fingerprint density at radius 3 is 2.42 bits per heavy atom. The number of pyridine rings is 1. The van der Waals surface area contributed by atoms with Gasteiger partial charge < -0.3 is 5.11 Å². The number of benzene rings is 2. The van der Waals surface area contributed by atoms with Gasteiger partial charge in [0.25, 0.3) is 0 Å². The van der Waals surface area contributed by atoms with Gasteiger partial charge in [-0.05, 0) is 59.9 Å². The summed E-state index contributed by atoms with van der Waals surface area (Å²) in [5, 5.41) is 19.7. The van der Waals surface area contributed by atoms with Crippen molar-refractivity contribution in [1.29, 1.82) is 0 Å². The van der Waals surface area contributed by atoms with Gasteiger partial charge in [-0.15, -0.1) is 0 Å². The fourth-order valence-corrected chi connectivity index (χ4v) is 6.43. The Morgan fingerprint density at radius 1 is 1.00 bits per heavy atom. The molecule has 8 nitrogen and oxygen atoms in total. The quantitative estimate of drug-likeness (QED) is 0.458. The third kappa shape index (κ3) is 4.15. The standard InChI is InChI=1S/C23H22N4O4S2/c1-16-5-7-17(8-6-16)23(28)11-14-27(15-12-23)33(29,30)19-10-9-18(21-22(19)26-31-25-21)32-20-4-2-3-13-24-20/h2-10,13,28H,11-12,14-15H2,1H3. The number of hydrogen-bond donors (Lipinski definition) is 1. The first-order valence-corrected chi connectivity index (χ1v) is 12.8. The van der Waals surface area contributed by atoms with Gasteiger partial charge >= 0.3 is 0 Å². The van der Waals surface area contributed by atoms with E-state index in [4.69, 9.17) is 4.63 Å². The minimum Gasteiger partial charge on any atom is -0.385 e. The maximum atomic E-state index is 13.5. The first-order chi connectivity index (χ1) is 15.9. The van der Waals surface area contributed by atoms with Crippen molar-refractivity contribution >= 4 is 32.8 Å². The Morgan fingerprint density at radius 2 is 1.73 bits per heavy atom. The summed E-state index contributed by atoms with van der Waals surface area (Å²) in [5.41, 5.74) is 1.44. The second-order valence-electron chi connectivity index (χ2n) is 8.10. The number of nitrogens with zero attached hydrogens (tertiary/aromatic N) is 4. The summed E-state index contributed by atoms with van der Waals surface area (Å²) in [7, 11) is -3.85. The molecule has 0 atom stereocenters. The highest BCUT2D eigenvalue weighted by atomic mass is 32.2. The van der Waals surface area contributed by atoms with Gasteiger partial charge in [-0.2, -0.15) is 4.31 Å². The zero-order valence-corrected chi connectivity index (χ0v) is 19.5. The van der Waals surface area contributed by atoms with Crippen LogP contribution in [0.3, 0.4) is 0 Å². The molecule has 1 aliphatic heterocycles. The number of sulfonamides is 1. The second kappa shape index (κ2) is 8.53. The molecular formula is C23H22N4O4S2. The Hall–Kier alpha value is -2.79. The van der Waals surface area contributed by atoms with Crippen molar-refractivity contribution < 1.29 is 18.2 Å². The Kier molecular flexibility index (Phi) is 5.69. The molecule has 33 heavy (non-hydrogen) atoms. The molecule has 5 rings (SSSR count). The zero-order valence-electron chi connectivity index (χ0n) is 17.9. The highest BCUT2D eigenvalue weighted by Crippen LogP contribution is 2.38. The molecule has 1 N–H and O–H groups in total. The SMILES string of the molecule is Cc1ccc(C2(O)CCN(S(=O)(=O)c3ccc(Sc4ccccn4)c4nonc34)CC2)cc1. The molecular weight excluding hydrogens is 460 g/mol. The molecule has 0 saturated carbocycles. The van der Waals surface area contributed by atoms with Crippen molar-refractivity contribution in [2.75, 3.05) is 13.1 Å². The van der Waals surface area contributed by atoms with E-state index in [1.54, 1.807) is 12.3 Å². The predicted octanol–water partition coefficient (Wildman–Crippen LogP) is 3.75. The fourth-order valence-electron chi connectivity index (χ4n) is 4.02. The van der Waals surface area contributed by atoms with E-state index in [1.165, 1.54) is 22.1 Å². The van der Waals surface area contributed by atoms with E-state index < -0.39 is 15.6 Å². The fraction of sp³-hybridized carbons (Fsp3) is 0.261. The van der Waals surface area contributed by atoms with Crippen LogP contribution in [-0.4, -0.2) is 46.2 Å². The average Bonchev–Trinajstić information content (AvgIpc) is 3.31. The van der Waals surface area contributed by atoms with E-state index in [0.29, 0.717) is 23.3 Å². The van der Waals surface area contributed by atoms with E-state index in [0.717, 1.165) is 16.2 Å². The highest BCUT2D eigenvalue weighted by molar-refractivity contribution is 7.99. The van der Waals surface area contributed by atoms with E-state index >= 15 is 0 Å². The third-order valence-electron chi connectivity index (χ3n) is 5.95. The zero-order chi connectivity index (χ0) is 23.1. The number of piperidine rings is 1. The molecule has 1 fully saturated rings. The van der Waals surface area contributed by atoms with Gasteiger partial charge in [0, 0.05) is 24.2 Å². The maximum absolute atomic E-state index is 13.5. The summed E-state index contributed by atoms with van der Waals surface area (Å²) in [6.45, 7) is 2.39. The van der Waals surface area contributed by atoms with Crippen LogP contribution in [0, 0.1) is 6.92 Å². The first-order valence-electron chi connectivity index (χ1n) is 10.5. The molecule has 0 amide bonds. The molecule has 170 valence electrons. The van der Waals surface area contributed by atoms with Gasteiger partial charge in [0.1, 0.15) is 9.92 Å². The van der Waals surface area contributed by atoms with Crippen LogP contribution in [-0.2, 0) is 15.6 Å². The van der Waals surface area contributed by atoms with Crippen molar-refractivity contribution in [2.24, 2.45) is 0 Å². The van der Waals surface area contributed by atoms with Crippen molar-refractivity contribution in [3.63, 3.8) is 0 Å². The molecule has 0 spiro atoms. The Bertz CT molecular complexity index is 1380. The normalized spacial score (nSPS) is 16.8. The number of hydrogen-bond acceptors (Lipinski definition) is 8. The van der Waals surface area contributed by atoms with E-state index in [-0.39, 0.29) is 23.5 Å². The summed E-state index contributed by atoms with van der Waals surface area (Å²) in [6, 6.07) is 16.5. The van der Waals surface area contributed by atoms with Crippen LogP contribution in [0.2, 0.25) is 0 Å². The first kappa shape index (κ1) is 22.0. The van der Waals surface area contributed by atoms with Gasteiger partial charge in [0.2, 0.25) is 10.0 Å². The van der Waals surface area contributed by atoms with Gasteiger partial charge in [-0.25, -0.2) is 18.0 Å². The van der Waals surface area contributed by atoms with Crippen molar-refractivity contribution in [1.82, 2.24) is 19.6 Å². The highest BCUT2D eigenvalue weighted by Gasteiger charge is 2.39. The van der Waals surface area contributed by atoms with Crippen molar-refractivity contribution in [3.8, 4) is 0 Å². The van der Waals surface area contributed by atoms with Gasteiger partial charge in [0.05, 0.1) is 5.60 Å². The Balaban J connectivity index is 1.40. The molecule has 0 aliphatic carbocycles. The number of aryl methyl sites for hydroxylation is 1. The summed E-state index contributed by atoms with van der Waals surface area (Å²) in [6.07, 6.45) is 2.31. The molecule has 10 heteroatoms. The molecule has 1 aliphatic rings. The van der Waals surface area contributed by atoms with Crippen LogP contribution in [0.5, 0.6) is 0 Å². The van der Waals surface area contributed by atoms with Crippen LogP contribution in [0.1, 0.15) is 24.0 Å². The molecule has 0 radical (unpaired) electrons. The predicted molar refractivity (Wildman–Crippen MR) is 123 cm³/mol. The molecule has 2 aromatic carbocycles. The van der Waals surface area contributed by atoms with E-state index in [2.05, 4.69) is 15.3 Å². The number of rotatable bonds is 5. The number of fused-ring (bicyclic) bond motifs is 1. The number of aliphatic hydroxyl groups is 1. The minimum atomic E-state index is -3.85. The van der Waals surface area contributed by atoms with Crippen LogP contribution in [0.4, 0.5) is 0 Å². The average molecular weight is 483 g/mol. The maximum Gasteiger partial charge on any atom is 0.245 e. The van der Waals surface area contributed by atoms with Crippen molar-refractivity contribution in [2.45, 2.75) is 40.2 Å². The smallest absolute Gasteiger partial charge is 0.245 e. The lowest BCUT2D eigenvalue weighted by molar-refractivity contribution is -0.00961. The van der Waals surface area contributed by atoms with Crippen molar-refractivity contribution in [3.05, 3.63) is 71.9 Å². The Labute approximate surface area is 195 Å². The van der Waals surface area contributed by atoms with Gasteiger partial charge in [-0.3, -0.25) is 0 Å². The minimum absolute atomic E-state index is 0.0462. The molecule has 0 unspecified atom stereocenters. The summed E-state index contributed by atoms with van der Waals surface area (Å²) in [4.78, 5) is 5.04. The number of aromatic nitrogens is 3. The van der Waals surface area contributed by atoms with Gasteiger partial charge in [0.15, 0.2) is 11.0 Å². The molecule has 4 aromatic rings. The van der Waals surface area contributed by atoms with Crippen LogP contribution in [0.25, 0.3) is 11.0 Å².